The minimum Gasteiger partial charge on any atom is -0.0895 e. The quantitative estimate of drug-likeness (QED) is 0.551. The molecule has 0 radical (unpaired) electrons. The van der Waals surface area contributed by atoms with Crippen molar-refractivity contribution < 1.29 is 0 Å². The molecule has 0 aliphatic carbocycles. The van der Waals surface area contributed by atoms with Crippen LogP contribution < -0.4 is 0 Å². The molecule has 0 saturated carbocycles. The van der Waals surface area contributed by atoms with Crippen molar-refractivity contribution in [3.8, 4) is 0 Å². The highest BCUT2D eigenvalue weighted by Crippen LogP contribution is 2.05. The molecule has 1 heteroatoms. The lowest BCUT2D eigenvalue weighted by Crippen LogP contribution is -1.63. The van der Waals surface area contributed by atoms with Gasteiger partial charge in [-0.05, 0) is 12.8 Å². The first-order valence-electron chi connectivity index (χ1n) is 2.65. The van der Waals surface area contributed by atoms with Crippen molar-refractivity contribution in [2.45, 2.75) is 49.0 Å². The molecule has 0 spiro atoms. The Morgan fingerprint density at radius 2 is 1.60 bits per heavy atom. The molecule has 0 N–H and O–H groups in total. The summed E-state index contributed by atoms with van der Waals surface area (Å²) in [5.41, 5.74) is 0. The van der Waals surface area contributed by atoms with E-state index in [-0.39, 0.29) is 22.3 Å². The van der Waals surface area contributed by atoms with Crippen LogP contribution in [0.1, 0.15) is 49.0 Å². The summed E-state index contributed by atoms with van der Waals surface area (Å²) in [4.78, 5) is 0. The van der Waals surface area contributed by atoms with Gasteiger partial charge in [-0.1, -0.05) is 53.8 Å². The zero-order chi connectivity index (χ0) is 5.70. The van der Waals surface area contributed by atoms with E-state index in [0.717, 1.165) is 17.9 Å². The van der Waals surface area contributed by atoms with Gasteiger partial charge in [0.15, 0.2) is 0 Å². The Morgan fingerprint density at radius 3 is 1.70 bits per heavy atom. The molecule has 0 aliphatic rings. The predicted molar refractivity (Wildman–Crippen MR) is 54.7 cm³/mol. The first kappa shape index (κ1) is 22.5. The molecule has 0 aromatic rings. The van der Waals surface area contributed by atoms with Gasteiger partial charge in [0.05, 0.1) is 0 Å². The number of rotatable bonds is 2. The van der Waals surface area contributed by atoms with Crippen molar-refractivity contribution in [3.63, 3.8) is 0 Å². The van der Waals surface area contributed by atoms with Crippen molar-refractivity contribution in [1.82, 2.24) is 0 Å². The second kappa shape index (κ2) is 16.0. The fourth-order valence-corrected chi connectivity index (χ4v) is 0.520. The van der Waals surface area contributed by atoms with E-state index >= 15 is 0 Å². The molecule has 0 rings (SSSR count). The van der Waals surface area contributed by atoms with Crippen LogP contribution in [-0.4, -0.2) is 0 Å². The van der Waals surface area contributed by atoms with Gasteiger partial charge in [0.2, 0.25) is 0 Å². The van der Waals surface area contributed by atoms with Crippen LogP contribution in [0.25, 0.3) is 0 Å². The van der Waals surface area contributed by atoms with Crippen LogP contribution >= 0.6 is 11.6 Å². The maximum Gasteiger partial charge on any atom is 0.0138 e. The van der Waals surface area contributed by atoms with Gasteiger partial charge in [0.25, 0.3) is 0 Å². The molecule has 0 aliphatic heterocycles. The van der Waals surface area contributed by atoms with Gasteiger partial charge in [-0.2, -0.15) is 0 Å². The van der Waals surface area contributed by atoms with Gasteiger partial charge in [0, 0.05) is 5.03 Å². The summed E-state index contributed by atoms with van der Waals surface area (Å²) < 4.78 is 0. The minimum absolute atomic E-state index is 0. The molecule has 0 aromatic heterocycles. The molecule has 0 aromatic carbocycles. The summed E-state index contributed by atoms with van der Waals surface area (Å²) in [6.45, 7) is 4.13. The smallest absolute Gasteiger partial charge is 0.0138 e. The molecule has 0 atom stereocenters. The third-order valence-electron chi connectivity index (χ3n) is 0.763. The van der Waals surface area contributed by atoms with E-state index in [2.05, 4.69) is 13.8 Å². The molecule has 0 fully saturated rings. The van der Waals surface area contributed by atoms with Crippen LogP contribution in [0.2, 0.25) is 0 Å². The highest BCUT2D eigenvalue weighted by Gasteiger charge is 1.79. The van der Waals surface area contributed by atoms with E-state index in [1.54, 1.807) is 0 Å². The Bertz CT molecular complexity index is 65.1. The molecule has 0 saturated heterocycles. The van der Waals surface area contributed by atoms with Crippen molar-refractivity contribution >= 4 is 11.6 Å². The summed E-state index contributed by atoms with van der Waals surface area (Å²) in [6.07, 6.45) is 4.05. The van der Waals surface area contributed by atoms with Crippen molar-refractivity contribution in [2.24, 2.45) is 0 Å². The van der Waals surface area contributed by atoms with Crippen LogP contribution in [0.15, 0.2) is 11.1 Å². The average molecular weight is 167 g/mol. The van der Waals surface area contributed by atoms with Crippen molar-refractivity contribution in [2.75, 3.05) is 0 Å². The molecule has 66 valence electrons. The highest BCUT2D eigenvalue weighted by molar-refractivity contribution is 6.29. The van der Waals surface area contributed by atoms with Crippen LogP contribution in [0.4, 0.5) is 0 Å². The SMILES string of the molecule is C.C.C.CC/C=C(/Cl)CC. The van der Waals surface area contributed by atoms with Crippen LogP contribution in [0.3, 0.4) is 0 Å². The Hall–Kier alpha value is 0.0300. The second-order valence-corrected chi connectivity index (χ2v) is 1.90. The highest BCUT2D eigenvalue weighted by atomic mass is 35.5. The first-order chi connectivity index (χ1) is 3.31. The Kier molecular flexibility index (Phi) is 36.0. The number of allylic oxidation sites excluding steroid dienone is 2. The maximum atomic E-state index is 5.63. The normalized spacial score (nSPS) is 8.50. The lowest BCUT2D eigenvalue weighted by atomic mass is 10.3. The number of hydrogen-bond acceptors (Lipinski definition) is 0. The first-order valence-corrected chi connectivity index (χ1v) is 3.03. The zero-order valence-electron chi connectivity index (χ0n) is 4.87. The molecular weight excluding hydrogens is 144 g/mol. The standard InChI is InChI=1S/C6H11Cl.3CH4/c1-3-5-6(7)4-2;;;/h5H,3-4H2,1-2H3;3*1H4/b6-5+;;;. The topological polar surface area (TPSA) is 0 Å². The van der Waals surface area contributed by atoms with E-state index < -0.39 is 0 Å². The summed E-state index contributed by atoms with van der Waals surface area (Å²) in [7, 11) is 0. The summed E-state index contributed by atoms with van der Waals surface area (Å²) >= 11 is 5.63. The monoisotopic (exact) mass is 166 g/mol. The van der Waals surface area contributed by atoms with Gasteiger partial charge in [-0.3, -0.25) is 0 Å². The van der Waals surface area contributed by atoms with Gasteiger partial charge >= 0.3 is 0 Å². The van der Waals surface area contributed by atoms with Crippen LogP contribution in [0.5, 0.6) is 0 Å². The predicted octanol–water partition coefficient (Wildman–Crippen LogP) is 4.84. The number of halogens is 1. The fraction of sp³-hybridized carbons (Fsp3) is 0.778. The van der Waals surface area contributed by atoms with Crippen molar-refractivity contribution in [3.05, 3.63) is 11.1 Å². The zero-order valence-corrected chi connectivity index (χ0v) is 5.63. The molecule has 0 heterocycles. The third-order valence-corrected chi connectivity index (χ3v) is 1.18. The lowest BCUT2D eigenvalue weighted by molar-refractivity contribution is 1.13. The van der Waals surface area contributed by atoms with Gasteiger partial charge in [-0.25, -0.2) is 0 Å². The Balaban J connectivity index is -0.0000000600. The third kappa shape index (κ3) is 15.7. The maximum absolute atomic E-state index is 5.63. The Labute approximate surface area is 72.3 Å². The van der Waals surface area contributed by atoms with Gasteiger partial charge < -0.3 is 0 Å². The molecular formula is C9H23Cl. The van der Waals surface area contributed by atoms with E-state index in [1.165, 1.54) is 0 Å². The Morgan fingerprint density at radius 1 is 1.20 bits per heavy atom. The number of hydrogen-bond donors (Lipinski definition) is 0. The summed E-state index contributed by atoms with van der Waals surface area (Å²) in [5.74, 6) is 0. The van der Waals surface area contributed by atoms with Crippen LogP contribution in [0, 0.1) is 0 Å². The van der Waals surface area contributed by atoms with Gasteiger partial charge in [-0.15, -0.1) is 0 Å². The molecule has 0 unspecified atom stereocenters. The molecule has 0 bridgehead atoms. The summed E-state index contributed by atoms with van der Waals surface area (Å²) in [5, 5.41) is 0.975. The van der Waals surface area contributed by atoms with E-state index in [4.69, 9.17) is 11.6 Å². The van der Waals surface area contributed by atoms with Gasteiger partial charge in [0.1, 0.15) is 0 Å². The molecule has 0 amide bonds. The van der Waals surface area contributed by atoms with E-state index in [9.17, 15) is 0 Å². The summed E-state index contributed by atoms with van der Waals surface area (Å²) in [6, 6.07) is 0. The fourth-order valence-electron chi connectivity index (χ4n) is 0.366. The van der Waals surface area contributed by atoms with E-state index in [1.807, 2.05) is 6.08 Å². The molecule has 0 nitrogen and oxygen atoms in total. The van der Waals surface area contributed by atoms with Crippen LogP contribution in [-0.2, 0) is 0 Å². The van der Waals surface area contributed by atoms with Crippen molar-refractivity contribution in [1.29, 1.82) is 0 Å². The molecule has 10 heavy (non-hydrogen) atoms. The average Bonchev–Trinajstić information content (AvgIpc) is 1.68. The van der Waals surface area contributed by atoms with E-state index in [0.29, 0.717) is 0 Å². The minimum atomic E-state index is 0. The largest absolute Gasteiger partial charge is 0.0895 e. The lowest BCUT2D eigenvalue weighted by Gasteiger charge is -1.85. The second-order valence-electron chi connectivity index (χ2n) is 1.41.